The third-order valence-electron chi connectivity index (χ3n) is 5.75. The molecule has 2 nitrogen and oxygen atoms in total. The second-order valence-electron chi connectivity index (χ2n) is 6.25. The maximum atomic E-state index is 13.3. The molecule has 0 aromatic heterocycles. The van der Waals surface area contributed by atoms with Crippen molar-refractivity contribution in [1.29, 1.82) is 0 Å². The van der Waals surface area contributed by atoms with E-state index in [1.807, 2.05) is 0 Å². The van der Waals surface area contributed by atoms with Gasteiger partial charge in [0.15, 0.2) is 0 Å². The topological polar surface area (TPSA) is 23.1 Å². The Morgan fingerprint density at radius 3 is 1.35 bits per heavy atom. The van der Waals surface area contributed by atoms with E-state index in [1.165, 1.54) is 27.3 Å². The molecule has 20 heavy (non-hydrogen) atoms. The first-order chi connectivity index (χ1) is 9.43. The fraction of sp³-hybridized carbons (Fsp3) is 0.667. The summed E-state index contributed by atoms with van der Waals surface area (Å²) in [6.45, 7) is 12.9. The average Bonchev–Trinajstić information content (AvgIpc) is 2.65. The van der Waals surface area contributed by atoms with Gasteiger partial charge in [0, 0.05) is 0 Å². The Morgan fingerprint density at radius 2 is 1.10 bits per heavy atom. The van der Waals surface area contributed by atoms with Crippen LogP contribution in [-0.2, 0) is 16.3 Å². The van der Waals surface area contributed by atoms with Crippen LogP contribution in [-0.4, -0.2) is 5.06 Å². The van der Waals surface area contributed by atoms with Gasteiger partial charge in [-0.3, -0.25) is 0 Å². The molecule has 0 N–H and O–H groups in total. The van der Waals surface area contributed by atoms with Crippen molar-refractivity contribution in [3.63, 3.8) is 0 Å². The largest absolute Gasteiger partial charge is 0.134 e. The molecule has 0 spiro atoms. The normalized spacial score (nSPS) is 20.1. The van der Waals surface area contributed by atoms with Crippen molar-refractivity contribution in [1.82, 2.24) is 5.06 Å². The zero-order valence-corrected chi connectivity index (χ0v) is 13.8. The highest BCUT2D eigenvalue weighted by atomic mass is 16.5. The van der Waals surface area contributed by atoms with E-state index in [1.54, 1.807) is 0 Å². The molecule has 111 valence electrons. The Kier molecular flexibility index (Phi) is 4.01. The fourth-order valence-corrected chi connectivity index (χ4v) is 4.05. The lowest BCUT2D eigenvalue weighted by Crippen LogP contribution is -2.47. The van der Waals surface area contributed by atoms with Crippen LogP contribution in [0.1, 0.15) is 75.6 Å². The summed E-state index contributed by atoms with van der Waals surface area (Å²) in [5.74, 6) is 0. The van der Waals surface area contributed by atoms with Crippen LogP contribution in [0.4, 0.5) is 0 Å². The van der Waals surface area contributed by atoms with Crippen molar-refractivity contribution < 1.29 is 5.21 Å². The molecule has 2 heteroatoms. The molecule has 1 aromatic carbocycles. The summed E-state index contributed by atoms with van der Waals surface area (Å²) in [6, 6.07) is 4.55. The highest BCUT2D eigenvalue weighted by Crippen LogP contribution is 2.55. The van der Waals surface area contributed by atoms with Crippen LogP contribution < -0.4 is 0 Å². The highest BCUT2D eigenvalue weighted by Gasteiger charge is 2.56. The molecule has 1 heterocycles. The number of nitrogens with zero attached hydrogens (tertiary/aromatic N) is 1. The Labute approximate surface area is 123 Å². The summed E-state index contributed by atoms with van der Waals surface area (Å²) in [7, 11) is 0. The number of hydrogen-bond donors (Lipinski definition) is 0. The monoisotopic (exact) mass is 274 g/mol. The van der Waals surface area contributed by atoms with Crippen molar-refractivity contribution in [2.24, 2.45) is 0 Å². The summed E-state index contributed by atoms with van der Waals surface area (Å²) >= 11 is 0. The van der Waals surface area contributed by atoms with E-state index in [0.29, 0.717) is 0 Å². The SMILES string of the molecule is CCC1(CC)c2cc(C)c(C)cc2C(CC)(CC)N1[O]. The molecule has 0 atom stereocenters. The smallest absolute Gasteiger partial charge is 0.0750 e. The van der Waals surface area contributed by atoms with Crippen molar-refractivity contribution in [2.75, 3.05) is 0 Å². The van der Waals surface area contributed by atoms with Gasteiger partial charge in [-0.05, 0) is 61.8 Å². The minimum absolute atomic E-state index is 0.334. The summed E-state index contributed by atoms with van der Waals surface area (Å²) in [5.41, 5.74) is 4.49. The number of fused-ring (bicyclic) bond motifs is 1. The molecule has 0 amide bonds. The molecule has 1 radical (unpaired) electrons. The van der Waals surface area contributed by atoms with Gasteiger partial charge in [-0.25, -0.2) is 0 Å². The first-order valence-corrected chi connectivity index (χ1v) is 8.03. The third kappa shape index (κ3) is 1.71. The standard InChI is InChI=1S/C18H28NO/c1-7-17(8-2)15-11-13(5)14(6)12-16(15)18(9-3,10-4)19(17)20/h11-12H,7-10H2,1-6H3. The Bertz CT molecular complexity index is 453. The van der Waals surface area contributed by atoms with Crippen LogP contribution in [0.25, 0.3) is 0 Å². The van der Waals surface area contributed by atoms with Crippen molar-refractivity contribution in [3.8, 4) is 0 Å². The van der Waals surface area contributed by atoms with E-state index >= 15 is 0 Å². The molecule has 1 aromatic rings. The minimum atomic E-state index is -0.334. The van der Waals surface area contributed by atoms with E-state index < -0.39 is 0 Å². The first-order valence-electron chi connectivity index (χ1n) is 8.03. The summed E-state index contributed by atoms with van der Waals surface area (Å²) < 4.78 is 0. The maximum Gasteiger partial charge on any atom is 0.0750 e. The van der Waals surface area contributed by atoms with Gasteiger partial charge < -0.3 is 0 Å². The van der Waals surface area contributed by atoms with Gasteiger partial charge in [0.1, 0.15) is 0 Å². The maximum absolute atomic E-state index is 13.3. The van der Waals surface area contributed by atoms with Gasteiger partial charge in [0.05, 0.1) is 11.1 Å². The van der Waals surface area contributed by atoms with Crippen LogP contribution in [0.2, 0.25) is 0 Å². The molecule has 1 aliphatic rings. The predicted octanol–water partition coefficient (Wildman–Crippen LogP) is 5.00. The number of rotatable bonds is 4. The zero-order valence-electron chi connectivity index (χ0n) is 13.8. The minimum Gasteiger partial charge on any atom is -0.134 e. The van der Waals surface area contributed by atoms with E-state index in [4.69, 9.17) is 0 Å². The molecule has 0 bridgehead atoms. The fourth-order valence-electron chi connectivity index (χ4n) is 4.05. The van der Waals surface area contributed by atoms with Crippen molar-refractivity contribution >= 4 is 0 Å². The van der Waals surface area contributed by atoms with E-state index in [9.17, 15) is 5.21 Å². The zero-order chi connectivity index (χ0) is 15.1. The van der Waals surface area contributed by atoms with Gasteiger partial charge in [-0.15, -0.1) is 10.3 Å². The van der Waals surface area contributed by atoms with Crippen LogP contribution in [0.15, 0.2) is 12.1 Å². The van der Waals surface area contributed by atoms with Crippen molar-refractivity contribution in [3.05, 3.63) is 34.4 Å². The van der Waals surface area contributed by atoms with Crippen LogP contribution in [0, 0.1) is 13.8 Å². The summed E-state index contributed by atoms with van der Waals surface area (Å²) in [6.07, 6.45) is 3.52. The lowest BCUT2D eigenvalue weighted by Gasteiger charge is -2.40. The lowest BCUT2D eigenvalue weighted by molar-refractivity contribution is -0.287. The van der Waals surface area contributed by atoms with E-state index in [-0.39, 0.29) is 11.1 Å². The number of benzene rings is 1. The second-order valence-corrected chi connectivity index (χ2v) is 6.25. The molecule has 2 rings (SSSR count). The molecule has 0 aliphatic carbocycles. The Balaban J connectivity index is 2.80. The van der Waals surface area contributed by atoms with Gasteiger partial charge >= 0.3 is 0 Å². The highest BCUT2D eigenvalue weighted by molar-refractivity contribution is 5.49. The Morgan fingerprint density at radius 1 is 0.800 bits per heavy atom. The summed E-state index contributed by atoms with van der Waals surface area (Å²) in [5, 5.41) is 14.7. The molecular weight excluding hydrogens is 246 g/mol. The van der Waals surface area contributed by atoms with Crippen LogP contribution in [0.5, 0.6) is 0 Å². The van der Waals surface area contributed by atoms with Gasteiger partial charge in [0.25, 0.3) is 0 Å². The number of hydroxylamine groups is 2. The van der Waals surface area contributed by atoms with Crippen LogP contribution in [0.3, 0.4) is 0 Å². The van der Waals surface area contributed by atoms with Gasteiger partial charge in [-0.1, -0.05) is 39.8 Å². The molecule has 1 aliphatic heterocycles. The molecular formula is C18H28NO. The van der Waals surface area contributed by atoms with Gasteiger partial charge in [-0.2, -0.15) is 0 Å². The van der Waals surface area contributed by atoms with E-state index in [2.05, 4.69) is 53.7 Å². The van der Waals surface area contributed by atoms with Crippen molar-refractivity contribution in [2.45, 2.75) is 78.3 Å². The molecule has 0 saturated heterocycles. The van der Waals surface area contributed by atoms with E-state index in [0.717, 1.165) is 25.7 Å². The lowest BCUT2D eigenvalue weighted by atomic mass is 9.81. The second kappa shape index (κ2) is 5.16. The molecule has 0 saturated carbocycles. The molecule has 0 unspecified atom stereocenters. The molecule has 0 fully saturated rings. The number of hydrogen-bond acceptors (Lipinski definition) is 1. The third-order valence-corrected chi connectivity index (χ3v) is 5.75. The quantitative estimate of drug-likeness (QED) is 0.758. The first kappa shape index (κ1) is 15.5. The predicted molar refractivity (Wildman–Crippen MR) is 83.0 cm³/mol. The summed E-state index contributed by atoms with van der Waals surface area (Å²) in [4.78, 5) is 0. The van der Waals surface area contributed by atoms with Crippen LogP contribution >= 0.6 is 0 Å². The average molecular weight is 274 g/mol. The number of aryl methyl sites for hydroxylation is 2. The van der Waals surface area contributed by atoms with Gasteiger partial charge in [0.2, 0.25) is 0 Å². The Hall–Kier alpha value is -0.860.